The third kappa shape index (κ3) is 5.17. The van der Waals surface area contributed by atoms with Crippen LogP contribution in [0.15, 0.2) is 53.0 Å². The minimum absolute atomic E-state index is 0.0120. The van der Waals surface area contributed by atoms with Crippen LogP contribution in [0.5, 0.6) is 0 Å². The number of benzene rings is 2. The Hall–Kier alpha value is -2.16. The fourth-order valence-corrected chi connectivity index (χ4v) is 3.57. The Labute approximate surface area is 162 Å². The highest BCUT2D eigenvalue weighted by Gasteiger charge is 2.25. The number of likely N-dealkylation sites (tertiary alicyclic amines) is 1. The predicted molar refractivity (Wildman–Crippen MR) is 107 cm³/mol. The average Bonchev–Trinajstić information content (AvgIpc) is 2.66. The Morgan fingerprint density at radius 2 is 1.85 bits per heavy atom. The van der Waals surface area contributed by atoms with Gasteiger partial charge in [-0.3, -0.25) is 9.69 Å². The molecule has 3 rings (SSSR count). The molecule has 0 spiro atoms. The molecule has 1 aliphatic heterocycles. The maximum atomic E-state index is 12.6. The fraction of sp³-hybridized carbons (Fsp3) is 0.333. The van der Waals surface area contributed by atoms with Gasteiger partial charge in [-0.25, -0.2) is 0 Å². The van der Waals surface area contributed by atoms with E-state index < -0.39 is 0 Å². The Kier molecular flexibility index (Phi) is 6.43. The number of anilines is 1. The monoisotopic (exact) mass is 411 g/mol. The Morgan fingerprint density at radius 3 is 2.54 bits per heavy atom. The molecule has 1 N–H and O–H groups in total. The molecule has 1 unspecified atom stereocenters. The topological polar surface area (TPSA) is 56.1 Å². The van der Waals surface area contributed by atoms with Gasteiger partial charge in [0.25, 0.3) is 0 Å². The molecule has 1 fully saturated rings. The number of hydrogen-bond acceptors (Lipinski definition) is 3. The highest BCUT2D eigenvalue weighted by atomic mass is 79.9. The number of carbonyl (C=O) groups excluding carboxylic acids is 1. The number of nitriles is 1. The molecule has 1 heterocycles. The molecule has 0 bridgehead atoms. The molecule has 0 aliphatic carbocycles. The number of rotatable bonds is 5. The molecular formula is C21H22BrN3O. The minimum Gasteiger partial charge on any atom is -0.326 e. The lowest BCUT2D eigenvalue weighted by molar-refractivity contribution is -0.121. The number of amides is 1. The van der Waals surface area contributed by atoms with Crippen LogP contribution in [-0.4, -0.2) is 23.9 Å². The SMILES string of the molecule is N#CCc1ccc(NC(=O)C2CCCN(Cc3ccc(Br)cc3)C2)cc1. The van der Waals surface area contributed by atoms with Crippen molar-refractivity contribution in [2.24, 2.45) is 5.92 Å². The summed E-state index contributed by atoms with van der Waals surface area (Å²) in [5, 5.41) is 11.7. The van der Waals surface area contributed by atoms with Gasteiger partial charge < -0.3 is 5.32 Å². The van der Waals surface area contributed by atoms with Crippen LogP contribution in [0.25, 0.3) is 0 Å². The molecule has 134 valence electrons. The van der Waals surface area contributed by atoms with Gasteiger partial charge in [-0.2, -0.15) is 5.26 Å². The summed E-state index contributed by atoms with van der Waals surface area (Å²) in [6.07, 6.45) is 2.35. The Morgan fingerprint density at radius 1 is 1.15 bits per heavy atom. The standard InChI is InChI=1S/C21H22BrN3O/c22-19-7-3-17(4-8-19)14-25-13-1-2-18(15-25)21(26)24-20-9-5-16(6-10-20)11-12-23/h3-10,18H,1-2,11,13-15H2,(H,24,26). The number of carbonyl (C=O) groups is 1. The van der Waals surface area contributed by atoms with E-state index in [0.29, 0.717) is 6.42 Å². The quantitative estimate of drug-likeness (QED) is 0.794. The van der Waals surface area contributed by atoms with E-state index >= 15 is 0 Å². The van der Waals surface area contributed by atoms with Crippen molar-refractivity contribution in [3.63, 3.8) is 0 Å². The first-order valence-corrected chi connectivity index (χ1v) is 9.67. The minimum atomic E-state index is 0.0120. The molecular weight excluding hydrogens is 390 g/mol. The van der Waals surface area contributed by atoms with Crippen molar-refractivity contribution in [1.29, 1.82) is 5.26 Å². The molecule has 1 amide bonds. The second kappa shape index (κ2) is 8.98. The van der Waals surface area contributed by atoms with Gasteiger partial charge in [0.15, 0.2) is 0 Å². The van der Waals surface area contributed by atoms with Gasteiger partial charge >= 0.3 is 0 Å². The van der Waals surface area contributed by atoms with Crippen molar-refractivity contribution in [2.75, 3.05) is 18.4 Å². The molecule has 2 aromatic rings. The van der Waals surface area contributed by atoms with E-state index in [1.807, 2.05) is 24.3 Å². The van der Waals surface area contributed by atoms with E-state index in [4.69, 9.17) is 5.26 Å². The van der Waals surface area contributed by atoms with Crippen LogP contribution in [0, 0.1) is 17.2 Å². The van der Waals surface area contributed by atoms with Crippen molar-refractivity contribution in [3.8, 4) is 6.07 Å². The maximum absolute atomic E-state index is 12.6. The van der Waals surface area contributed by atoms with Crippen molar-refractivity contribution >= 4 is 27.5 Å². The molecule has 26 heavy (non-hydrogen) atoms. The summed E-state index contributed by atoms with van der Waals surface area (Å²) in [5.41, 5.74) is 3.02. The molecule has 4 nitrogen and oxygen atoms in total. The van der Waals surface area contributed by atoms with Gasteiger partial charge in [-0.05, 0) is 54.8 Å². The lowest BCUT2D eigenvalue weighted by Crippen LogP contribution is -2.40. The van der Waals surface area contributed by atoms with Crippen molar-refractivity contribution < 1.29 is 4.79 Å². The van der Waals surface area contributed by atoms with Crippen molar-refractivity contribution in [3.05, 3.63) is 64.1 Å². The molecule has 0 saturated carbocycles. The number of nitrogens with zero attached hydrogens (tertiary/aromatic N) is 2. The summed E-state index contributed by atoms with van der Waals surface area (Å²) in [6, 6.07) is 18.0. The van der Waals surface area contributed by atoms with Gasteiger partial charge in [0.2, 0.25) is 5.91 Å². The van der Waals surface area contributed by atoms with E-state index in [0.717, 1.165) is 48.2 Å². The van der Waals surface area contributed by atoms with Gasteiger partial charge in [-0.15, -0.1) is 0 Å². The zero-order valence-corrected chi connectivity index (χ0v) is 16.2. The normalized spacial score (nSPS) is 17.5. The Bertz CT molecular complexity index is 780. The molecule has 2 aromatic carbocycles. The molecule has 1 saturated heterocycles. The van der Waals surface area contributed by atoms with Crippen LogP contribution in [0.4, 0.5) is 5.69 Å². The van der Waals surface area contributed by atoms with E-state index in [2.05, 4.69) is 56.5 Å². The average molecular weight is 412 g/mol. The molecule has 0 radical (unpaired) electrons. The molecule has 0 aromatic heterocycles. The summed E-state index contributed by atoms with van der Waals surface area (Å²) in [4.78, 5) is 15.0. The van der Waals surface area contributed by atoms with Gasteiger partial charge in [-0.1, -0.05) is 40.2 Å². The largest absolute Gasteiger partial charge is 0.326 e. The van der Waals surface area contributed by atoms with E-state index in [1.165, 1.54) is 5.56 Å². The smallest absolute Gasteiger partial charge is 0.228 e. The van der Waals surface area contributed by atoms with Crippen LogP contribution in [0.2, 0.25) is 0 Å². The van der Waals surface area contributed by atoms with Crippen molar-refractivity contribution in [2.45, 2.75) is 25.8 Å². The number of hydrogen-bond donors (Lipinski definition) is 1. The van der Waals surface area contributed by atoms with Crippen LogP contribution in [0.1, 0.15) is 24.0 Å². The van der Waals surface area contributed by atoms with Crippen LogP contribution in [0.3, 0.4) is 0 Å². The summed E-state index contributed by atoms with van der Waals surface area (Å²) < 4.78 is 1.08. The maximum Gasteiger partial charge on any atom is 0.228 e. The first-order valence-electron chi connectivity index (χ1n) is 8.87. The molecule has 5 heteroatoms. The second-order valence-corrected chi connectivity index (χ2v) is 7.64. The summed E-state index contributed by atoms with van der Waals surface area (Å²) in [6.45, 7) is 2.69. The molecule has 1 aliphatic rings. The van der Waals surface area contributed by atoms with E-state index in [1.54, 1.807) is 0 Å². The van der Waals surface area contributed by atoms with Gasteiger partial charge in [0.1, 0.15) is 0 Å². The lowest BCUT2D eigenvalue weighted by atomic mass is 9.96. The van der Waals surface area contributed by atoms with Gasteiger partial charge in [0, 0.05) is 23.2 Å². The first-order chi connectivity index (χ1) is 12.6. The lowest BCUT2D eigenvalue weighted by Gasteiger charge is -2.32. The third-order valence-electron chi connectivity index (χ3n) is 4.70. The molecule has 1 atom stereocenters. The van der Waals surface area contributed by atoms with Crippen LogP contribution >= 0.6 is 15.9 Å². The first kappa shape index (κ1) is 18.6. The summed E-state index contributed by atoms with van der Waals surface area (Å²) >= 11 is 3.46. The zero-order valence-electron chi connectivity index (χ0n) is 14.6. The third-order valence-corrected chi connectivity index (χ3v) is 5.23. The summed E-state index contributed by atoms with van der Waals surface area (Å²) in [5.74, 6) is 0.0940. The number of piperidine rings is 1. The fourth-order valence-electron chi connectivity index (χ4n) is 3.30. The van der Waals surface area contributed by atoms with Crippen LogP contribution in [-0.2, 0) is 17.8 Å². The number of nitrogens with one attached hydrogen (secondary N) is 1. The van der Waals surface area contributed by atoms with E-state index in [-0.39, 0.29) is 11.8 Å². The van der Waals surface area contributed by atoms with Crippen LogP contribution < -0.4 is 5.32 Å². The second-order valence-electron chi connectivity index (χ2n) is 6.72. The van der Waals surface area contributed by atoms with Crippen molar-refractivity contribution in [1.82, 2.24) is 4.90 Å². The van der Waals surface area contributed by atoms with Gasteiger partial charge in [0.05, 0.1) is 18.4 Å². The highest BCUT2D eigenvalue weighted by Crippen LogP contribution is 2.21. The van der Waals surface area contributed by atoms with E-state index in [9.17, 15) is 4.79 Å². The highest BCUT2D eigenvalue weighted by molar-refractivity contribution is 9.10. The number of halogens is 1. The summed E-state index contributed by atoms with van der Waals surface area (Å²) in [7, 11) is 0. The Balaban J connectivity index is 1.55. The predicted octanol–water partition coefficient (Wildman–Crippen LogP) is 4.37. The zero-order chi connectivity index (χ0) is 18.4.